The van der Waals surface area contributed by atoms with Crippen LogP contribution in [0, 0.1) is 20.2 Å². The van der Waals surface area contributed by atoms with Crippen molar-refractivity contribution >= 4 is 17.3 Å². The van der Waals surface area contributed by atoms with E-state index in [1.165, 1.54) is 12.1 Å². The monoisotopic (exact) mass is 362 g/mol. The summed E-state index contributed by atoms with van der Waals surface area (Å²) >= 11 is 0. The second-order valence-corrected chi connectivity index (χ2v) is 4.86. The van der Waals surface area contributed by atoms with E-state index in [-0.39, 0.29) is 11.3 Å². The van der Waals surface area contributed by atoms with Gasteiger partial charge in [0.05, 0.1) is 29.1 Å². The average Bonchev–Trinajstić information content (AvgIpc) is 2.62. The summed E-state index contributed by atoms with van der Waals surface area (Å²) in [6, 6.07) is 7.74. The molecule has 0 spiro atoms. The Bertz CT molecular complexity index is 813. The molecule has 2 rings (SSSR count). The number of ether oxygens (including phenoxy) is 3. The highest BCUT2D eigenvalue weighted by Crippen LogP contribution is 2.41. The summed E-state index contributed by atoms with van der Waals surface area (Å²) < 4.78 is 15.1. The Kier molecular flexibility index (Phi) is 5.68. The number of rotatable bonds is 7. The van der Waals surface area contributed by atoms with Crippen molar-refractivity contribution in [2.24, 2.45) is 0 Å². The molecule has 0 heterocycles. The number of carbonyl (C=O) groups excluding carboxylic acids is 1. The molecule has 2 aromatic carbocycles. The van der Waals surface area contributed by atoms with Gasteiger partial charge in [-0.05, 0) is 31.2 Å². The summed E-state index contributed by atoms with van der Waals surface area (Å²) in [6.07, 6.45) is 0. The predicted octanol–water partition coefficient (Wildman–Crippen LogP) is 3.48. The fourth-order valence-electron chi connectivity index (χ4n) is 2.10. The van der Waals surface area contributed by atoms with Crippen LogP contribution >= 0.6 is 0 Å². The smallest absolute Gasteiger partial charge is 0.338 e. The van der Waals surface area contributed by atoms with Crippen LogP contribution in [0.1, 0.15) is 17.3 Å². The Morgan fingerprint density at radius 2 is 1.50 bits per heavy atom. The number of methoxy groups -OCH3 is 1. The third-order valence-electron chi connectivity index (χ3n) is 3.22. The molecule has 0 N–H and O–H groups in total. The molecule has 0 aliphatic carbocycles. The van der Waals surface area contributed by atoms with Crippen LogP contribution in [-0.4, -0.2) is 29.5 Å². The van der Waals surface area contributed by atoms with Crippen molar-refractivity contribution in [3.8, 4) is 17.2 Å². The van der Waals surface area contributed by atoms with Crippen molar-refractivity contribution in [3.05, 3.63) is 62.2 Å². The first kappa shape index (κ1) is 18.6. The molecular weight excluding hydrogens is 348 g/mol. The molecule has 0 amide bonds. The van der Waals surface area contributed by atoms with Crippen molar-refractivity contribution in [2.75, 3.05) is 13.7 Å². The van der Waals surface area contributed by atoms with E-state index in [1.54, 1.807) is 19.1 Å². The van der Waals surface area contributed by atoms with Gasteiger partial charge in [0.1, 0.15) is 11.5 Å². The Hall–Kier alpha value is -3.69. The number of nitro benzene ring substituents is 2. The van der Waals surface area contributed by atoms with E-state index >= 15 is 0 Å². The molecule has 0 radical (unpaired) electrons. The number of carbonyl (C=O) groups is 1. The summed E-state index contributed by atoms with van der Waals surface area (Å²) in [5.74, 6) is -0.851. The first-order chi connectivity index (χ1) is 12.4. The lowest BCUT2D eigenvalue weighted by Crippen LogP contribution is -2.06. The fourth-order valence-corrected chi connectivity index (χ4v) is 2.10. The van der Waals surface area contributed by atoms with Gasteiger partial charge in [-0.2, -0.15) is 0 Å². The van der Waals surface area contributed by atoms with Gasteiger partial charge in [0.15, 0.2) is 0 Å². The minimum Gasteiger partial charge on any atom is -0.494 e. The molecule has 0 aliphatic rings. The van der Waals surface area contributed by atoms with Crippen LogP contribution < -0.4 is 9.47 Å². The van der Waals surface area contributed by atoms with Crippen LogP contribution in [0.2, 0.25) is 0 Å². The van der Waals surface area contributed by atoms with Gasteiger partial charge in [0, 0.05) is 12.1 Å². The lowest BCUT2D eigenvalue weighted by Gasteiger charge is -2.09. The van der Waals surface area contributed by atoms with E-state index in [9.17, 15) is 25.0 Å². The minimum atomic E-state index is -0.941. The summed E-state index contributed by atoms with van der Waals surface area (Å²) in [5, 5.41) is 22.6. The Balaban J connectivity index is 2.52. The van der Waals surface area contributed by atoms with Gasteiger partial charge < -0.3 is 14.2 Å². The quantitative estimate of drug-likeness (QED) is 0.415. The Morgan fingerprint density at radius 3 is 1.92 bits per heavy atom. The Morgan fingerprint density at radius 1 is 1.00 bits per heavy atom. The van der Waals surface area contributed by atoms with E-state index in [0.29, 0.717) is 12.4 Å². The summed E-state index contributed by atoms with van der Waals surface area (Å²) in [6.45, 7) is 2.26. The highest BCUT2D eigenvalue weighted by molar-refractivity contribution is 5.92. The molecule has 0 atom stereocenters. The molecular formula is C16H14N2O8. The van der Waals surface area contributed by atoms with Crippen LogP contribution in [0.3, 0.4) is 0 Å². The maximum absolute atomic E-state index is 11.6. The number of nitro groups is 2. The first-order valence-electron chi connectivity index (χ1n) is 7.33. The van der Waals surface area contributed by atoms with Crippen LogP contribution in [-0.2, 0) is 4.74 Å². The zero-order chi connectivity index (χ0) is 19.3. The molecule has 26 heavy (non-hydrogen) atoms. The lowest BCUT2D eigenvalue weighted by atomic mass is 10.1. The standard InChI is InChI=1S/C16H14N2O8/c1-3-25-11-4-6-12(7-5-11)26-15-13(17(20)21)8-10(16(19)24-2)9-14(15)18(22)23/h4-9H,3H2,1-2H3. The van der Waals surface area contributed by atoms with Crippen molar-refractivity contribution in [2.45, 2.75) is 6.92 Å². The van der Waals surface area contributed by atoms with E-state index in [4.69, 9.17) is 9.47 Å². The highest BCUT2D eigenvalue weighted by atomic mass is 16.6. The maximum atomic E-state index is 11.6. The van der Waals surface area contributed by atoms with Crippen LogP contribution in [0.4, 0.5) is 11.4 Å². The maximum Gasteiger partial charge on any atom is 0.338 e. The predicted molar refractivity (Wildman–Crippen MR) is 88.8 cm³/mol. The third-order valence-corrected chi connectivity index (χ3v) is 3.22. The molecule has 2 aromatic rings. The van der Waals surface area contributed by atoms with Crippen LogP contribution in [0.15, 0.2) is 36.4 Å². The van der Waals surface area contributed by atoms with Crippen molar-refractivity contribution in [1.82, 2.24) is 0 Å². The number of hydrogen-bond acceptors (Lipinski definition) is 8. The van der Waals surface area contributed by atoms with E-state index in [0.717, 1.165) is 19.2 Å². The summed E-state index contributed by atoms with van der Waals surface area (Å²) in [4.78, 5) is 32.5. The number of hydrogen-bond donors (Lipinski definition) is 0. The minimum absolute atomic E-state index is 0.130. The number of benzene rings is 2. The highest BCUT2D eigenvalue weighted by Gasteiger charge is 2.31. The van der Waals surface area contributed by atoms with Gasteiger partial charge in [-0.15, -0.1) is 0 Å². The molecule has 0 unspecified atom stereocenters. The molecule has 0 fully saturated rings. The molecule has 0 aromatic heterocycles. The van der Waals surface area contributed by atoms with Crippen molar-refractivity contribution in [3.63, 3.8) is 0 Å². The van der Waals surface area contributed by atoms with Gasteiger partial charge in [0.25, 0.3) is 5.75 Å². The molecule has 136 valence electrons. The average molecular weight is 362 g/mol. The second-order valence-electron chi connectivity index (χ2n) is 4.86. The van der Waals surface area contributed by atoms with Crippen molar-refractivity contribution < 1.29 is 28.9 Å². The summed E-state index contributed by atoms with van der Waals surface area (Å²) in [5.41, 5.74) is -1.79. The third kappa shape index (κ3) is 4.04. The molecule has 0 aliphatic heterocycles. The zero-order valence-electron chi connectivity index (χ0n) is 13.8. The molecule has 0 bridgehead atoms. The van der Waals surface area contributed by atoms with Gasteiger partial charge >= 0.3 is 17.3 Å². The number of nitrogens with zero attached hydrogens (tertiary/aromatic N) is 2. The van der Waals surface area contributed by atoms with E-state index in [2.05, 4.69) is 4.74 Å². The zero-order valence-corrected chi connectivity index (χ0v) is 13.8. The van der Waals surface area contributed by atoms with E-state index < -0.39 is 32.9 Å². The molecule has 10 nitrogen and oxygen atoms in total. The lowest BCUT2D eigenvalue weighted by molar-refractivity contribution is -0.395. The SMILES string of the molecule is CCOc1ccc(Oc2c([N+](=O)[O-])cc(C(=O)OC)cc2[N+](=O)[O-])cc1. The first-order valence-corrected chi connectivity index (χ1v) is 7.33. The molecule has 10 heteroatoms. The molecule has 0 saturated carbocycles. The van der Waals surface area contributed by atoms with Gasteiger partial charge in [0.2, 0.25) is 0 Å². The van der Waals surface area contributed by atoms with Gasteiger partial charge in [-0.3, -0.25) is 20.2 Å². The Labute approximate surface area is 147 Å². The fraction of sp³-hybridized carbons (Fsp3) is 0.188. The summed E-state index contributed by atoms with van der Waals surface area (Å²) in [7, 11) is 1.06. The second kappa shape index (κ2) is 7.92. The van der Waals surface area contributed by atoms with Gasteiger partial charge in [-0.25, -0.2) is 4.79 Å². The van der Waals surface area contributed by atoms with Gasteiger partial charge in [-0.1, -0.05) is 0 Å². The topological polar surface area (TPSA) is 131 Å². The van der Waals surface area contributed by atoms with Crippen LogP contribution in [0.5, 0.6) is 17.2 Å². The van der Waals surface area contributed by atoms with E-state index in [1.807, 2.05) is 0 Å². The number of esters is 1. The normalized spacial score (nSPS) is 10.1. The molecule has 0 saturated heterocycles. The largest absolute Gasteiger partial charge is 0.494 e. The van der Waals surface area contributed by atoms with Crippen LogP contribution in [0.25, 0.3) is 0 Å². The van der Waals surface area contributed by atoms with Crippen molar-refractivity contribution in [1.29, 1.82) is 0 Å².